The number of aliphatic carboxylic acids is 1. The minimum absolute atomic E-state index is 0.405. The third-order valence-electron chi connectivity index (χ3n) is 3.84. The van der Waals surface area contributed by atoms with Crippen LogP contribution in [0.5, 0.6) is 0 Å². The first-order chi connectivity index (χ1) is 10.5. The molecule has 1 saturated heterocycles. The predicted molar refractivity (Wildman–Crippen MR) is 83.8 cm³/mol. The lowest BCUT2D eigenvalue weighted by Crippen LogP contribution is -2.54. The molecule has 0 radical (unpaired) electrons. The molecule has 3 heterocycles. The van der Waals surface area contributed by atoms with Gasteiger partial charge in [0.15, 0.2) is 5.60 Å². The maximum atomic E-state index is 11.3. The van der Waals surface area contributed by atoms with Crippen molar-refractivity contribution in [2.24, 2.45) is 7.05 Å². The van der Waals surface area contributed by atoms with Crippen molar-refractivity contribution in [1.82, 2.24) is 14.7 Å². The van der Waals surface area contributed by atoms with Crippen LogP contribution in [0.3, 0.4) is 0 Å². The molecule has 0 spiro atoms. The van der Waals surface area contributed by atoms with Gasteiger partial charge >= 0.3 is 5.97 Å². The van der Waals surface area contributed by atoms with E-state index in [-0.39, 0.29) is 0 Å². The fraction of sp³-hybridized carbons (Fsp3) is 0.467. The van der Waals surface area contributed by atoms with E-state index in [2.05, 4.69) is 22.1 Å². The second-order valence-electron chi connectivity index (χ2n) is 5.76. The Bertz CT molecular complexity index is 681. The number of carboxylic acid groups (broad SMARTS) is 1. The first kappa shape index (κ1) is 15.2. The first-order valence-corrected chi connectivity index (χ1v) is 7.95. The van der Waals surface area contributed by atoms with Crippen molar-refractivity contribution in [2.75, 3.05) is 19.7 Å². The summed E-state index contributed by atoms with van der Waals surface area (Å²) < 4.78 is 7.21. The van der Waals surface area contributed by atoms with Crippen LogP contribution in [0, 0.1) is 0 Å². The molecular formula is C15H19N3O3S. The molecule has 0 aliphatic carbocycles. The van der Waals surface area contributed by atoms with E-state index >= 15 is 0 Å². The van der Waals surface area contributed by atoms with E-state index in [1.165, 1.54) is 9.75 Å². The van der Waals surface area contributed by atoms with Crippen LogP contribution in [0.1, 0.15) is 11.8 Å². The van der Waals surface area contributed by atoms with Crippen molar-refractivity contribution in [3.63, 3.8) is 0 Å². The first-order valence-electron chi connectivity index (χ1n) is 7.14. The highest BCUT2D eigenvalue weighted by Gasteiger charge is 2.39. The third-order valence-corrected chi connectivity index (χ3v) is 4.96. The molecule has 6 nitrogen and oxygen atoms in total. The molecule has 1 fully saturated rings. The summed E-state index contributed by atoms with van der Waals surface area (Å²) >= 11 is 1.72. The Morgan fingerprint density at radius 1 is 1.55 bits per heavy atom. The highest BCUT2D eigenvalue weighted by molar-refractivity contribution is 7.15. The Morgan fingerprint density at radius 3 is 3.05 bits per heavy atom. The van der Waals surface area contributed by atoms with Gasteiger partial charge in [0.25, 0.3) is 0 Å². The number of morpholine rings is 1. The summed E-state index contributed by atoms with van der Waals surface area (Å²) in [5, 5.41) is 13.5. The normalized spacial score (nSPS) is 22.8. The molecule has 0 aromatic carbocycles. The number of carboxylic acids is 1. The van der Waals surface area contributed by atoms with Gasteiger partial charge in [-0.1, -0.05) is 0 Å². The average Bonchev–Trinajstić information content (AvgIpc) is 3.08. The standard InChI is InChI=1S/C15H19N3O3S/c1-15(14(19)20)10-18(5-6-21-15)9-12-3-4-13(22-12)11-7-16-17(2)8-11/h3-4,7-8H,5-6,9-10H2,1-2H3,(H,19,20). The van der Waals surface area contributed by atoms with Crippen molar-refractivity contribution in [3.8, 4) is 10.4 Å². The van der Waals surface area contributed by atoms with Gasteiger partial charge < -0.3 is 9.84 Å². The molecular weight excluding hydrogens is 302 g/mol. The Balaban J connectivity index is 1.69. The van der Waals surface area contributed by atoms with Crippen LogP contribution in [0.4, 0.5) is 0 Å². The van der Waals surface area contributed by atoms with Crippen molar-refractivity contribution < 1.29 is 14.6 Å². The van der Waals surface area contributed by atoms with Gasteiger partial charge in [0.2, 0.25) is 0 Å². The number of aromatic nitrogens is 2. The molecule has 1 aliphatic rings. The molecule has 2 aromatic rings. The summed E-state index contributed by atoms with van der Waals surface area (Å²) in [5.41, 5.74) is -0.00193. The minimum Gasteiger partial charge on any atom is -0.479 e. The number of ether oxygens (including phenoxy) is 1. The highest BCUT2D eigenvalue weighted by atomic mass is 32.1. The fourth-order valence-electron chi connectivity index (χ4n) is 2.60. The minimum atomic E-state index is -1.11. The fourth-order valence-corrected chi connectivity index (χ4v) is 3.63. The molecule has 7 heteroatoms. The molecule has 0 amide bonds. The lowest BCUT2D eigenvalue weighted by atomic mass is 10.0. The zero-order chi connectivity index (χ0) is 15.7. The van der Waals surface area contributed by atoms with Crippen LogP contribution in [0.2, 0.25) is 0 Å². The molecule has 22 heavy (non-hydrogen) atoms. The molecule has 1 atom stereocenters. The lowest BCUT2D eigenvalue weighted by Gasteiger charge is -2.37. The number of hydrogen-bond donors (Lipinski definition) is 1. The second-order valence-corrected chi connectivity index (χ2v) is 6.93. The van der Waals surface area contributed by atoms with E-state index in [1.807, 2.05) is 19.4 Å². The van der Waals surface area contributed by atoms with Gasteiger partial charge in [0.1, 0.15) is 0 Å². The lowest BCUT2D eigenvalue weighted by molar-refractivity contribution is -0.174. The summed E-state index contributed by atoms with van der Waals surface area (Å²) in [4.78, 5) is 15.8. The van der Waals surface area contributed by atoms with Crippen molar-refractivity contribution in [1.29, 1.82) is 0 Å². The number of aryl methyl sites for hydroxylation is 1. The number of thiophene rings is 1. The van der Waals surface area contributed by atoms with Gasteiger partial charge in [-0.15, -0.1) is 11.3 Å². The van der Waals surface area contributed by atoms with Gasteiger partial charge in [0.05, 0.1) is 12.8 Å². The molecule has 1 aliphatic heterocycles. The van der Waals surface area contributed by atoms with Gasteiger partial charge in [-0.05, 0) is 19.1 Å². The van der Waals surface area contributed by atoms with Crippen LogP contribution in [-0.2, 0) is 23.1 Å². The molecule has 0 bridgehead atoms. The van der Waals surface area contributed by atoms with Crippen LogP contribution >= 0.6 is 11.3 Å². The number of nitrogens with zero attached hydrogens (tertiary/aromatic N) is 3. The van der Waals surface area contributed by atoms with Crippen molar-refractivity contribution in [3.05, 3.63) is 29.4 Å². The van der Waals surface area contributed by atoms with Crippen LogP contribution in [0.25, 0.3) is 10.4 Å². The molecule has 1 N–H and O–H groups in total. The molecule has 118 valence electrons. The quantitative estimate of drug-likeness (QED) is 0.930. The van der Waals surface area contributed by atoms with Crippen LogP contribution in [-0.4, -0.2) is 51.1 Å². The Kier molecular flexibility index (Phi) is 4.03. The van der Waals surface area contributed by atoms with E-state index < -0.39 is 11.6 Å². The largest absolute Gasteiger partial charge is 0.479 e. The number of hydrogen-bond acceptors (Lipinski definition) is 5. The maximum Gasteiger partial charge on any atom is 0.337 e. The van der Waals surface area contributed by atoms with Crippen LogP contribution in [0.15, 0.2) is 24.5 Å². The van der Waals surface area contributed by atoms with Gasteiger partial charge in [-0.25, -0.2) is 4.79 Å². The Morgan fingerprint density at radius 2 is 2.36 bits per heavy atom. The number of rotatable bonds is 4. The summed E-state index contributed by atoms with van der Waals surface area (Å²) in [6.45, 7) is 3.99. The number of carbonyl (C=O) groups is 1. The van der Waals surface area contributed by atoms with Crippen molar-refractivity contribution >= 4 is 17.3 Å². The van der Waals surface area contributed by atoms with Gasteiger partial charge in [0, 0.05) is 48.2 Å². The van der Waals surface area contributed by atoms with Crippen LogP contribution < -0.4 is 0 Å². The highest BCUT2D eigenvalue weighted by Crippen LogP contribution is 2.29. The van der Waals surface area contributed by atoms with E-state index in [4.69, 9.17) is 4.74 Å². The monoisotopic (exact) mass is 321 g/mol. The molecule has 3 rings (SSSR count). The molecule has 2 aromatic heterocycles. The summed E-state index contributed by atoms with van der Waals surface area (Å²) in [6, 6.07) is 4.19. The predicted octanol–water partition coefficient (Wildman–Crippen LogP) is 1.82. The van der Waals surface area contributed by atoms with E-state index in [1.54, 1.807) is 22.9 Å². The summed E-state index contributed by atoms with van der Waals surface area (Å²) in [7, 11) is 1.90. The zero-order valence-electron chi connectivity index (χ0n) is 12.7. The van der Waals surface area contributed by atoms with E-state index in [0.29, 0.717) is 13.2 Å². The zero-order valence-corrected chi connectivity index (χ0v) is 13.5. The third kappa shape index (κ3) is 3.06. The van der Waals surface area contributed by atoms with E-state index in [9.17, 15) is 9.90 Å². The molecule has 0 saturated carbocycles. The second kappa shape index (κ2) is 5.83. The summed E-state index contributed by atoms with van der Waals surface area (Å²) in [6.07, 6.45) is 3.84. The van der Waals surface area contributed by atoms with Gasteiger partial charge in [-0.2, -0.15) is 5.10 Å². The van der Waals surface area contributed by atoms with Crippen molar-refractivity contribution in [2.45, 2.75) is 19.1 Å². The maximum absolute atomic E-state index is 11.3. The molecule has 1 unspecified atom stereocenters. The Labute approximate surface area is 132 Å². The average molecular weight is 321 g/mol. The van der Waals surface area contributed by atoms with E-state index in [0.717, 1.165) is 18.7 Å². The van der Waals surface area contributed by atoms with Gasteiger partial charge in [-0.3, -0.25) is 9.58 Å². The Hall–Kier alpha value is -1.70. The summed E-state index contributed by atoms with van der Waals surface area (Å²) in [5.74, 6) is -0.903. The SMILES string of the molecule is Cn1cc(-c2ccc(CN3CCOC(C)(C(=O)O)C3)s2)cn1. The smallest absolute Gasteiger partial charge is 0.337 e. The topological polar surface area (TPSA) is 67.6 Å².